The molecule has 0 atom stereocenters. The maximum atomic E-state index is 10.2. The van der Waals surface area contributed by atoms with Gasteiger partial charge in [0.2, 0.25) is 0 Å². The Labute approximate surface area is 60.4 Å². The molecule has 0 aliphatic heterocycles. The molecule has 0 fully saturated rings. The van der Waals surface area contributed by atoms with Crippen molar-refractivity contribution < 1.29 is 14.6 Å². The Morgan fingerprint density at radius 1 is 1.70 bits per heavy atom. The minimum Gasteiger partial charge on any atom is -0.465 e. The maximum absolute atomic E-state index is 10.2. The minimum atomic E-state index is -0.892. The third-order valence-corrected chi connectivity index (χ3v) is 1.17. The van der Waals surface area contributed by atoms with Crippen molar-refractivity contribution in [3.63, 3.8) is 0 Å². The van der Waals surface area contributed by atoms with E-state index in [-0.39, 0.29) is 0 Å². The quantitative estimate of drug-likeness (QED) is 0.593. The zero-order valence-corrected chi connectivity index (χ0v) is 6.33. The Morgan fingerprint density at radius 2 is 2.30 bits per heavy atom. The topological polar surface area (TPSA) is 49.8 Å². The number of carbonyl (C=O) groups is 1. The largest absolute Gasteiger partial charge is 0.465 e. The van der Waals surface area contributed by atoms with E-state index in [0.717, 1.165) is 6.42 Å². The van der Waals surface area contributed by atoms with Gasteiger partial charge < -0.3 is 14.7 Å². The molecule has 0 rings (SSSR count). The molecule has 0 spiro atoms. The van der Waals surface area contributed by atoms with Crippen LogP contribution in [0.5, 0.6) is 0 Å². The predicted octanol–water partition coefficient (Wildman–Crippen LogP) is 0.633. The van der Waals surface area contributed by atoms with Gasteiger partial charge in [-0.25, -0.2) is 4.79 Å². The lowest BCUT2D eigenvalue weighted by atomic mass is 10.4. The Balaban J connectivity index is 3.21. The summed E-state index contributed by atoms with van der Waals surface area (Å²) in [5.74, 6) is 0. The molecule has 0 radical (unpaired) electrons. The first-order valence-electron chi connectivity index (χ1n) is 3.11. The van der Waals surface area contributed by atoms with Crippen LogP contribution in [0.25, 0.3) is 0 Å². The molecule has 1 amide bonds. The second-order valence-electron chi connectivity index (χ2n) is 2.05. The number of methoxy groups -OCH3 is 1. The summed E-state index contributed by atoms with van der Waals surface area (Å²) in [6.07, 6.45) is -0.143. The van der Waals surface area contributed by atoms with Gasteiger partial charge in [0.25, 0.3) is 0 Å². The van der Waals surface area contributed by atoms with Crippen LogP contribution in [-0.4, -0.2) is 43.4 Å². The molecule has 0 aromatic carbocycles. The van der Waals surface area contributed by atoms with Gasteiger partial charge in [0.1, 0.15) is 0 Å². The predicted molar refractivity (Wildman–Crippen MR) is 37.1 cm³/mol. The molecule has 0 aromatic rings. The fraction of sp³-hybridized carbons (Fsp3) is 0.833. The van der Waals surface area contributed by atoms with E-state index in [1.807, 2.05) is 0 Å². The fourth-order valence-electron chi connectivity index (χ4n) is 0.542. The van der Waals surface area contributed by atoms with Crippen molar-refractivity contribution in [1.29, 1.82) is 0 Å². The van der Waals surface area contributed by atoms with Gasteiger partial charge in [-0.15, -0.1) is 0 Å². The molecule has 0 saturated carbocycles. The molecule has 10 heavy (non-hydrogen) atoms. The van der Waals surface area contributed by atoms with Crippen LogP contribution in [0, 0.1) is 0 Å². The van der Waals surface area contributed by atoms with Crippen molar-refractivity contribution in [3.8, 4) is 0 Å². The van der Waals surface area contributed by atoms with E-state index in [9.17, 15) is 4.79 Å². The molecular formula is C6H13NO3. The molecule has 0 saturated heterocycles. The Bertz CT molecular complexity index is 105. The summed E-state index contributed by atoms with van der Waals surface area (Å²) >= 11 is 0. The lowest BCUT2D eigenvalue weighted by Gasteiger charge is -2.11. The zero-order valence-electron chi connectivity index (χ0n) is 6.33. The monoisotopic (exact) mass is 147 g/mol. The van der Waals surface area contributed by atoms with Crippen molar-refractivity contribution >= 4 is 6.09 Å². The van der Waals surface area contributed by atoms with Gasteiger partial charge in [-0.05, 0) is 6.42 Å². The van der Waals surface area contributed by atoms with E-state index in [1.54, 1.807) is 7.11 Å². The Kier molecular flexibility index (Phi) is 4.66. The molecule has 0 unspecified atom stereocenters. The molecule has 60 valence electrons. The first-order chi connectivity index (χ1) is 4.68. The minimum absolute atomic E-state index is 0.531. The van der Waals surface area contributed by atoms with Crippen LogP contribution in [-0.2, 0) is 4.74 Å². The van der Waals surface area contributed by atoms with Gasteiger partial charge in [0.05, 0.1) is 0 Å². The van der Waals surface area contributed by atoms with Gasteiger partial charge >= 0.3 is 6.09 Å². The first-order valence-corrected chi connectivity index (χ1v) is 3.11. The van der Waals surface area contributed by atoms with Crippen molar-refractivity contribution in [1.82, 2.24) is 4.90 Å². The summed E-state index contributed by atoms with van der Waals surface area (Å²) in [5.41, 5.74) is 0. The summed E-state index contributed by atoms with van der Waals surface area (Å²) < 4.78 is 4.75. The average Bonchev–Trinajstić information content (AvgIpc) is 1.88. The standard InChI is InChI=1S/C6H13NO3/c1-7(6(8)9)4-3-5-10-2/h3-5H2,1-2H3,(H,8,9). The van der Waals surface area contributed by atoms with Gasteiger partial charge in [-0.2, -0.15) is 0 Å². The summed E-state index contributed by atoms with van der Waals surface area (Å²) in [6.45, 7) is 1.14. The van der Waals surface area contributed by atoms with E-state index < -0.39 is 6.09 Å². The highest BCUT2D eigenvalue weighted by Gasteiger charge is 2.02. The molecule has 0 heterocycles. The van der Waals surface area contributed by atoms with Crippen molar-refractivity contribution in [2.24, 2.45) is 0 Å². The van der Waals surface area contributed by atoms with Gasteiger partial charge in [-0.1, -0.05) is 0 Å². The summed E-state index contributed by atoms with van der Waals surface area (Å²) in [6, 6.07) is 0. The van der Waals surface area contributed by atoms with Crippen molar-refractivity contribution in [2.45, 2.75) is 6.42 Å². The number of rotatable bonds is 4. The normalized spacial score (nSPS) is 9.40. The maximum Gasteiger partial charge on any atom is 0.407 e. The van der Waals surface area contributed by atoms with Crippen LogP contribution < -0.4 is 0 Å². The van der Waals surface area contributed by atoms with E-state index in [2.05, 4.69) is 0 Å². The lowest BCUT2D eigenvalue weighted by molar-refractivity contribution is 0.144. The van der Waals surface area contributed by atoms with Crippen LogP contribution in [0.1, 0.15) is 6.42 Å². The molecule has 4 heteroatoms. The molecular weight excluding hydrogens is 134 g/mol. The van der Waals surface area contributed by atoms with Crippen molar-refractivity contribution in [3.05, 3.63) is 0 Å². The zero-order chi connectivity index (χ0) is 7.98. The second kappa shape index (κ2) is 5.05. The Morgan fingerprint density at radius 3 is 2.70 bits per heavy atom. The van der Waals surface area contributed by atoms with Crippen LogP contribution in [0.15, 0.2) is 0 Å². The molecule has 0 bridgehead atoms. The molecule has 0 aromatic heterocycles. The van der Waals surface area contributed by atoms with Crippen LogP contribution >= 0.6 is 0 Å². The number of carboxylic acid groups (broad SMARTS) is 1. The lowest BCUT2D eigenvalue weighted by Crippen LogP contribution is -2.26. The van der Waals surface area contributed by atoms with Gasteiger partial charge in [0, 0.05) is 27.3 Å². The van der Waals surface area contributed by atoms with Crippen LogP contribution in [0.3, 0.4) is 0 Å². The van der Waals surface area contributed by atoms with E-state index in [1.165, 1.54) is 11.9 Å². The van der Waals surface area contributed by atoms with E-state index in [4.69, 9.17) is 9.84 Å². The van der Waals surface area contributed by atoms with Crippen molar-refractivity contribution in [2.75, 3.05) is 27.3 Å². The van der Waals surface area contributed by atoms with Crippen LogP contribution in [0.4, 0.5) is 4.79 Å². The molecule has 4 nitrogen and oxygen atoms in total. The summed E-state index contributed by atoms with van der Waals surface area (Å²) in [5, 5.41) is 8.37. The SMILES string of the molecule is COCCCN(C)C(=O)O. The van der Waals surface area contributed by atoms with E-state index in [0.29, 0.717) is 13.2 Å². The number of nitrogens with zero attached hydrogens (tertiary/aromatic N) is 1. The Hall–Kier alpha value is -0.770. The highest BCUT2D eigenvalue weighted by molar-refractivity contribution is 5.64. The number of hydrogen-bond donors (Lipinski definition) is 1. The molecule has 0 aliphatic carbocycles. The smallest absolute Gasteiger partial charge is 0.407 e. The third-order valence-electron chi connectivity index (χ3n) is 1.17. The summed E-state index contributed by atoms with van der Waals surface area (Å²) in [7, 11) is 3.14. The van der Waals surface area contributed by atoms with E-state index >= 15 is 0 Å². The fourth-order valence-corrected chi connectivity index (χ4v) is 0.542. The van der Waals surface area contributed by atoms with Gasteiger partial charge in [0.15, 0.2) is 0 Å². The summed E-state index contributed by atoms with van der Waals surface area (Å²) in [4.78, 5) is 11.4. The second-order valence-corrected chi connectivity index (χ2v) is 2.05. The first kappa shape index (κ1) is 9.23. The highest BCUT2D eigenvalue weighted by Crippen LogP contribution is 1.87. The highest BCUT2D eigenvalue weighted by atomic mass is 16.5. The third kappa shape index (κ3) is 4.14. The molecule has 0 aliphatic rings. The molecule has 1 N–H and O–H groups in total. The number of hydrogen-bond acceptors (Lipinski definition) is 2. The number of ether oxygens (including phenoxy) is 1. The number of amides is 1. The average molecular weight is 147 g/mol. The van der Waals surface area contributed by atoms with Crippen LogP contribution in [0.2, 0.25) is 0 Å². The van der Waals surface area contributed by atoms with Gasteiger partial charge in [-0.3, -0.25) is 0 Å².